The topological polar surface area (TPSA) is 0 Å². The van der Waals surface area contributed by atoms with E-state index in [1.165, 1.54) is 0 Å². The number of rotatable bonds is 2. The summed E-state index contributed by atoms with van der Waals surface area (Å²) in [6, 6.07) is 8.01. The first-order chi connectivity index (χ1) is 7.72. The Labute approximate surface area is 105 Å². The fourth-order valence-corrected chi connectivity index (χ4v) is 1.30. The molecule has 2 heteroatoms. The maximum absolute atomic E-state index is 4.15. The molecule has 1 rings (SSSR count). The second-order valence-electron chi connectivity index (χ2n) is 3.20. The molecular weight excluding hydrogens is 231 g/mol. The van der Waals surface area contributed by atoms with Gasteiger partial charge in [0.2, 0.25) is 0 Å². The van der Waals surface area contributed by atoms with Crippen LogP contribution in [0.1, 0.15) is 18.1 Å². The smallest absolute Gasteiger partial charge is 0.0249 e. The maximum Gasteiger partial charge on any atom is 0.0249 e. The highest BCUT2D eigenvalue weighted by molar-refractivity contribution is 7.84. The Kier molecular flexibility index (Phi) is 5.72. The normalized spacial score (nSPS) is 11.0. The van der Waals surface area contributed by atoms with Crippen LogP contribution in [-0.2, 0) is 0 Å². The van der Waals surface area contributed by atoms with Crippen molar-refractivity contribution in [2.24, 2.45) is 0 Å². The molecule has 0 unspecified atom stereocenters. The van der Waals surface area contributed by atoms with Gasteiger partial charge in [0, 0.05) is 5.56 Å². The molecule has 0 saturated heterocycles. The third-order valence-electron chi connectivity index (χ3n) is 1.81. The molecule has 0 radical (unpaired) electrons. The van der Waals surface area contributed by atoms with E-state index in [-0.39, 0.29) is 0 Å². The van der Waals surface area contributed by atoms with Crippen LogP contribution in [0.4, 0.5) is 0 Å². The molecule has 1 aromatic rings. The Morgan fingerprint density at radius 2 is 2.00 bits per heavy atom. The molecule has 0 aliphatic carbocycles. The summed E-state index contributed by atoms with van der Waals surface area (Å²) >= 11 is 4.15. The zero-order valence-electron chi connectivity index (χ0n) is 9.07. The number of hydrogen-bond donors (Lipinski definition) is 1. The van der Waals surface area contributed by atoms with Crippen molar-refractivity contribution in [2.45, 2.75) is 6.92 Å². The highest BCUT2D eigenvalue weighted by Crippen LogP contribution is 2.01. The Morgan fingerprint density at radius 3 is 2.56 bits per heavy atom. The largest absolute Gasteiger partial charge is 0.148 e. The minimum Gasteiger partial charge on any atom is -0.148 e. The Morgan fingerprint density at radius 1 is 1.31 bits per heavy atom. The third-order valence-corrected chi connectivity index (χ3v) is 2.29. The van der Waals surface area contributed by atoms with E-state index < -0.39 is 0 Å². The molecule has 16 heavy (non-hydrogen) atoms. The van der Waals surface area contributed by atoms with Gasteiger partial charge in [-0.1, -0.05) is 36.1 Å². The SMILES string of the molecule is C/C(S)=C/C=C/C#Cc1ccc(C=P)cc1. The van der Waals surface area contributed by atoms with Crippen LogP contribution >= 0.6 is 21.5 Å². The van der Waals surface area contributed by atoms with Gasteiger partial charge in [-0.15, -0.1) is 21.5 Å². The summed E-state index contributed by atoms with van der Waals surface area (Å²) in [7, 11) is 3.33. The van der Waals surface area contributed by atoms with Gasteiger partial charge < -0.3 is 0 Å². The number of thiol groups is 1. The maximum atomic E-state index is 4.15. The van der Waals surface area contributed by atoms with Crippen molar-refractivity contribution in [3.05, 3.63) is 58.5 Å². The summed E-state index contributed by atoms with van der Waals surface area (Å²) in [6.45, 7) is 1.93. The average Bonchev–Trinajstić information content (AvgIpc) is 2.29. The predicted molar refractivity (Wildman–Crippen MR) is 78.7 cm³/mol. The molecule has 0 spiro atoms. The lowest BCUT2D eigenvalue weighted by Gasteiger charge is -1.91. The van der Waals surface area contributed by atoms with E-state index in [0.29, 0.717) is 0 Å². The summed E-state index contributed by atoms with van der Waals surface area (Å²) < 4.78 is 0. The second kappa shape index (κ2) is 7.12. The van der Waals surface area contributed by atoms with Crippen LogP contribution in [0.15, 0.2) is 47.4 Å². The number of benzene rings is 1. The van der Waals surface area contributed by atoms with E-state index in [0.717, 1.165) is 16.0 Å². The first kappa shape index (κ1) is 12.8. The van der Waals surface area contributed by atoms with E-state index in [4.69, 9.17) is 0 Å². The summed E-state index contributed by atoms with van der Waals surface area (Å²) in [5, 5.41) is 0. The second-order valence-corrected chi connectivity index (χ2v) is 4.20. The average molecular weight is 244 g/mol. The molecule has 0 aliphatic rings. The molecule has 0 N–H and O–H groups in total. The first-order valence-corrected chi connectivity index (χ1v) is 5.89. The quantitative estimate of drug-likeness (QED) is 0.348. The van der Waals surface area contributed by atoms with Gasteiger partial charge in [-0.05, 0) is 41.4 Å². The van der Waals surface area contributed by atoms with Crippen LogP contribution in [0.3, 0.4) is 0 Å². The van der Waals surface area contributed by atoms with Gasteiger partial charge in [-0.3, -0.25) is 0 Å². The standard InChI is InChI=1S/C14H13PS/c1-12(16)5-3-2-4-6-13-7-9-14(11-15)10-8-13/h2-3,5,7-11,15-16H,1H3/b3-2+,12-5-. The minimum atomic E-state index is 0.968. The minimum absolute atomic E-state index is 0.968. The van der Waals surface area contributed by atoms with Crippen molar-refractivity contribution in [3.8, 4) is 11.8 Å². The summed E-state index contributed by atoms with van der Waals surface area (Å²) in [5.74, 6) is 7.88. The third kappa shape index (κ3) is 5.03. The van der Waals surface area contributed by atoms with Crippen molar-refractivity contribution >= 4 is 27.3 Å². The molecule has 0 aromatic heterocycles. The summed E-state index contributed by atoms with van der Waals surface area (Å²) in [6.07, 6.45) is 5.60. The van der Waals surface area contributed by atoms with Gasteiger partial charge in [-0.2, -0.15) is 0 Å². The van der Waals surface area contributed by atoms with Gasteiger partial charge in [0.05, 0.1) is 0 Å². The molecule has 0 heterocycles. The van der Waals surface area contributed by atoms with Crippen molar-refractivity contribution in [2.75, 3.05) is 0 Å². The van der Waals surface area contributed by atoms with Crippen LogP contribution in [0.2, 0.25) is 0 Å². The summed E-state index contributed by atoms with van der Waals surface area (Å²) in [4.78, 5) is 0.968. The van der Waals surface area contributed by atoms with E-state index >= 15 is 0 Å². The van der Waals surface area contributed by atoms with Gasteiger partial charge in [-0.25, -0.2) is 0 Å². The van der Waals surface area contributed by atoms with E-state index in [2.05, 4.69) is 33.3 Å². The van der Waals surface area contributed by atoms with Gasteiger partial charge in [0.1, 0.15) is 0 Å². The molecule has 0 aliphatic heterocycles. The monoisotopic (exact) mass is 244 g/mol. The number of allylic oxidation sites excluding steroid dienone is 4. The van der Waals surface area contributed by atoms with Crippen LogP contribution in [-0.4, -0.2) is 5.80 Å². The molecule has 0 atom stereocenters. The fourth-order valence-electron chi connectivity index (χ4n) is 1.02. The molecule has 0 nitrogen and oxygen atoms in total. The van der Waals surface area contributed by atoms with E-state index in [1.807, 2.05) is 55.2 Å². The predicted octanol–water partition coefficient (Wildman–Crippen LogP) is 3.72. The Bertz CT molecular complexity index is 466. The van der Waals surface area contributed by atoms with Crippen LogP contribution in [0, 0.1) is 11.8 Å². The van der Waals surface area contributed by atoms with Crippen molar-refractivity contribution in [3.63, 3.8) is 0 Å². The van der Waals surface area contributed by atoms with Crippen LogP contribution in [0.25, 0.3) is 0 Å². The molecular formula is C14H13PS. The zero-order chi connectivity index (χ0) is 11.8. The lowest BCUT2D eigenvalue weighted by molar-refractivity contribution is 1.63. The van der Waals surface area contributed by atoms with Gasteiger partial charge >= 0.3 is 0 Å². The van der Waals surface area contributed by atoms with Gasteiger partial charge in [0.15, 0.2) is 0 Å². The molecule has 0 saturated carbocycles. The lowest BCUT2D eigenvalue weighted by Crippen LogP contribution is -1.78. The highest BCUT2D eigenvalue weighted by atomic mass is 32.1. The Hall–Kier alpha value is -1.22. The lowest BCUT2D eigenvalue weighted by atomic mass is 10.1. The molecule has 0 amide bonds. The van der Waals surface area contributed by atoms with Crippen molar-refractivity contribution in [1.29, 1.82) is 0 Å². The van der Waals surface area contributed by atoms with Gasteiger partial charge in [0.25, 0.3) is 0 Å². The zero-order valence-corrected chi connectivity index (χ0v) is 11.0. The first-order valence-electron chi connectivity index (χ1n) is 4.87. The van der Waals surface area contributed by atoms with Crippen molar-refractivity contribution < 1.29 is 0 Å². The summed E-state index contributed by atoms with van der Waals surface area (Å²) in [5.41, 5.74) is 2.14. The van der Waals surface area contributed by atoms with Crippen LogP contribution in [0.5, 0.6) is 0 Å². The molecule has 1 aromatic carbocycles. The molecule has 0 fully saturated rings. The Balaban J connectivity index is 2.66. The van der Waals surface area contributed by atoms with Crippen molar-refractivity contribution in [1.82, 2.24) is 0 Å². The van der Waals surface area contributed by atoms with E-state index in [9.17, 15) is 0 Å². The van der Waals surface area contributed by atoms with Crippen LogP contribution < -0.4 is 0 Å². The fraction of sp³-hybridized carbons (Fsp3) is 0.0714. The van der Waals surface area contributed by atoms with E-state index in [1.54, 1.807) is 0 Å². The molecule has 0 bridgehead atoms. The highest BCUT2D eigenvalue weighted by Gasteiger charge is 1.86. The molecule has 80 valence electrons. The number of hydrogen-bond acceptors (Lipinski definition) is 1.